The highest BCUT2D eigenvalue weighted by molar-refractivity contribution is 8.26. The van der Waals surface area contributed by atoms with E-state index in [4.69, 9.17) is 21.7 Å². The number of ether oxygens (including phenoxy) is 2. The number of rotatable bonds is 10. The van der Waals surface area contributed by atoms with Crippen LogP contribution in [0.25, 0.3) is 6.08 Å². The van der Waals surface area contributed by atoms with Crippen LogP contribution in [0, 0.1) is 0 Å². The molecule has 11 heteroatoms. The predicted octanol–water partition coefficient (Wildman–Crippen LogP) is 3.90. The van der Waals surface area contributed by atoms with Gasteiger partial charge in [-0.15, -0.1) is 0 Å². The minimum absolute atomic E-state index is 0.0375. The average Bonchev–Trinajstić information content (AvgIpc) is 3.39. The minimum Gasteiger partial charge on any atom is -0.497 e. The fourth-order valence-electron chi connectivity index (χ4n) is 4.39. The summed E-state index contributed by atoms with van der Waals surface area (Å²) >= 11 is 6.64. The van der Waals surface area contributed by atoms with Gasteiger partial charge in [-0.2, -0.15) is 0 Å². The molecule has 0 aliphatic carbocycles. The van der Waals surface area contributed by atoms with Crippen molar-refractivity contribution in [2.45, 2.75) is 32.4 Å². The fourth-order valence-corrected chi connectivity index (χ4v) is 7.43. The number of amides is 2. The van der Waals surface area contributed by atoms with E-state index in [2.05, 4.69) is 0 Å². The Balaban J connectivity index is 1.44. The highest BCUT2D eigenvalue weighted by Gasteiger charge is 2.36. The lowest BCUT2D eigenvalue weighted by Gasteiger charge is -2.29. The van der Waals surface area contributed by atoms with Crippen LogP contribution in [0.3, 0.4) is 0 Å². The van der Waals surface area contributed by atoms with Crippen molar-refractivity contribution in [1.82, 2.24) is 9.80 Å². The molecule has 2 saturated heterocycles. The van der Waals surface area contributed by atoms with Crippen LogP contribution in [-0.2, 0) is 26.0 Å². The Bertz CT molecular complexity index is 1320. The summed E-state index contributed by atoms with van der Waals surface area (Å²) in [7, 11) is -1.60. The minimum atomic E-state index is -3.19. The molecule has 0 spiro atoms. The first-order chi connectivity index (χ1) is 18.2. The monoisotopic (exact) mass is 574 g/mol. The van der Waals surface area contributed by atoms with Crippen molar-refractivity contribution in [3.05, 3.63) is 64.6 Å². The maximum atomic E-state index is 13.4. The second kappa shape index (κ2) is 12.3. The van der Waals surface area contributed by atoms with Crippen molar-refractivity contribution < 1.29 is 27.5 Å². The van der Waals surface area contributed by atoms with Crippen molar-refractivity contribution in [3.63, 3.8) is 0 Å². The summed E-state index contributed by atoms with van der Waals surface area (Å²) in [6.07, 6.45) is 2.20. The van der Waals surface area contributed by atoms with Crippen LogP contribution in [0.2, 0.25) is 0 Å². The number of sulfone groups is 1. The molecule has 2 aromatic carbocycles. The Morgan fingerprint density at radius 3 is 2.45 bits per heavy atom. The Kier molecular flexibility index (Phi) is 9.11. The molecule has 1 atom stereocenters. The number of nitrogens with zero attached hydrogens (tertiary/aromatic N) is 2. The van der Waals surface area contributed by atoms with E-state index in [1.807, 2.05) is 55.5 Å². The summed E-state index contributed by atoms with van der Waals surface area (Å²) in [4.78, 5) is 30.0. The topological polar surface area (TPSA) is 93.2 Å². The van der Waals surface area contributed by atoms with Gasteiger partial charge in [-0.25, -0.2) is 8.42 Å². The first-order valence-corrected chi connectivity index (χ1v) is 15.3. The Morgan fingerprint density at radius 1 is 1.16 bits per heavy atom. The van der Waals surface area contributed by atoms with Gasteiger partial charge in [0.05, 0.1) is 30.1 Å². The maximum absolute atomic E-state index is 13.4. The lowest BCUT2D eigenvalue weighted by atomic mass is 10.1. The molecule has 1 unspecified atom stereocenters. The van der Waals surface area contributed by atoms with E-state index in [1.54, 1.807) is 18.1 Å². The fraction of sp³-hybridized carbons (Fsp3) is 0.370. The predicted molar refractivity (Wildman–Crippen MR) is 153 cm³/mol. The number of hydrogen-bond donors (Lipinski definition) is 0. The zero-order valence-corrected chi connectivity index (χ0v) is 23.7. The summed E-state index contributed by atoms with van der Waals surface area (Å²) in [6, 6.07) is 14.3. The van der Waals surface area contributed by atoms with Gasteiger partial charge in [-0.3, -0.25) is 14.5 Å². The highest BCUT2D eigenvalue weighted by atomic mass is 32.2. The first kappa shape index (κ1) is 28.1. The summed E-state index contributed by atoms with van der Waals surface area (Å²) in [5.74, 6) is 1.00. The second-order valence-electron chi connectivity index (χ2n) is 9.01. The van der Waals surface area contributed by atoms with Gasteiger partial charge in [0.2, 0.25) is 5.91 Å². The van der Waals surface area contributed by atoms with Crippen molar-refractivity contribution in [1.29, 1.82) is 0 Å². The van der Waals surface area contributed by atoms with Crippen LogP contribution in [0.15, 0.2) is 53.4 Å². The smallest absolute Gasteiger partial charge is 0.266 e. The summed E-state index contributed by atoms with van der Waals surface area (Å²) in [6.45, 7) is 2.86. The molecule has 2 aliphatic rings. The molecular weight excluding hydrogens is 545 g/mol. The van der Waals surface area contributed by atoms with Crippen LogP contribution >= 0.6 is 24.0 Å². The molecule has 0 aromatic heterocycles. The van der Waals surface area contributed by atoms with E-state index < -0.39 is 15.9 Å². The molecule has 38 heavy (non-hydrogen) atoms. The van der Waals surface area contributed by atoms with Gasteiger partial charge < -0.3 is 14.4 Å². The molecule has 2 heterocycles. The molecule has 2 aliphatic heterocycles. The number of methoxy groups -OCH3 is 1. The lowest BCUT2D eigenvalue weighted by Crippen LogP contribution is -2.42. The zero-order valence-electron chi connectivity index (χ0n) is 21.3. The van der Waals surface area contributed by atoms with E-state index in [0.717, 1.165) is 22.6 Å². The second-order valence-corrected chi connectivity index (χ2v) is 12.9. The first-order valence-electron chi connectivity index (χ1n) is 12.3. The molecule has 4 rings (SSSR count). The van der Waals surface area contributed by atoms with Crippen molar-refractivity contribution >= 4 is 56.0 Å². The third-order valence-electron chi connectivity index (χ3n) is 6.39. The molecule has 2 aromatic rings. The number of carbonyl (C=O) groups is 2. The van der Waals surface area contributed by atoms with Gasteiger partial charge in [0, 0.05) is 25.6 Å². The number of thioether (sulfide) groups is 1. The summed E-state index contributed by atoms with van der Waals surface area (Å²) in [5, 5.41) is 0. The van der Waals surface area contributed by atoms with Gasteiger partial charge in [-0.1, -0.05) is 48.2 Å². The molecule has 202 valence electrons. The van der Waals surface area contributed by atoms with Gasteiger partial charge in [0.15, 0.2) is 9.84 Å². The van der Waals surface area contributed by atoms with E-state index in [1.165, 1.54) is 16.7 Å². The SMILES string of the molecule is CCOc1ccc(CN(C(=O)CCN2C(=O)/C(=C/c3ccc(OC)cc3)SC2=S)C2CCS(=O)(=O)C2)cc1. The molecule has 0 bridgehead atoms. The lowest BCUT2D eigenvalue weighted by molar-refractivity contribution is -0.134. The van der Waals surface area contributed by atoms with Crippen LogP contribution in [0.4, 0.5) is 0 Å². The number of carbonyl (C=O) groups excluding carboxylic acids is 2. The average molecular weight is 575 g/mol. The van der Waals surface area contributed by atoms with E-state index >= 15 is 0 Å². The van der Waals surface area contributed by atoms with Gasteiger partial charge in [0.1, 0.15) is 15.8 Å². The Morgan fingerprint density at radius 2 is 1.84 bits per heavy atom. The molecular formula is C27H30N2O6S3. The van der Waals surface area contributed by atoms with Gasteiger partial charge in [-0.05, 0) is 54.8 Å². The van der Waals surface area contributed by atoms with E-state index in [9.17, 15) is 18.0 Å². The maximum Gasteiger partial charge on any atom is 0.266 e. The van der Waals surface area contributed by atoms with Gasteiger partial charge in [0.25, 0.3) is 5.91 Å². The number of thiocarbonyl (C=S) groups is 1. The van der Waals surface area contributed by atoms with Crippen LogP contribution in [0.5, 0.6) is 11.5 Å². The van der Waals surface area contributed by atoms with Gasteiger partial charge >= 0.3 is 0 Å². The third-order valence-corrected chi connectivity index (χ3v) is 9.52. The van der Waals surface area contributed by atoms with Crippen LogP contribution < -0.4 is 9.47 Å². The van der Waals surface area contributed by atoms with Crippen molar-refractivity contribution in [2.24, 2.45) is 0 Å². The Hall–Kier alpha value is -2.89. The quantitative estimate of drug-likeness (QED) is 0.312. The highest BCUT2D eigenvalue weighted by Crippen LogP contribution is 2.33. The van der Waals surface area contributed by atoms with Crippen LogP contribution in [0.1, 0.15) is 30.9 Å². The normalized spacial score (nSPS) is 19.7. The van der Waals surface area contributed by atoms with E-state index in [-0.39, 0.29) is 42.8 Å². The molecule has 0 radical (unpaired) electrons. The molecule has 0 saturated carbocycles. The Labute approximate surface area is 232 Å². The molecule has 2 fully saturated rings. The largest absolute Gasteiger partial charge is 0.497 e. The molecule has 2 amide bonds. The summed E-state index contributed by atoms with van der Waals surface area (Å²) in [5.41, 5.74) is 1.71. The third kappa shape index (κ3) is 6.95. The number of benzene rings is 2. The standard InChI is InChI=1S/C27H30N2O6S3/c1-3-35-23-10-6-20(7-11-23)17-29(21-13-15-38(32,33)18-21)25(30)12-14-28-26(31)24(37-27(28)36)16-19-4-8-22(34-2)9-5-19/h4-11,16,21H,3,12-15,17-18H2,1-2H3/b24-16-. The molecule has 8 nitrogen and oxygen atoms in total. The van der Waals surface area contributed by atoms with Crippen molar-refractivity contribution in [3.8, 4) is 11.5 Å². The van der Waals surface area contributed by atoms with E-state index in [0.29, 0.717) is 22.3 Å². The van der Waals surface area contributed by atoms with Crippen molar-refractivity contribution in [2.75, 3.05) is 31.8 Å². The molecule has 0 N–H and O–H groups in total. The summed E-state index contributed by atoms with van der Waals surface area (Å²) < 4.78 is 35.4. The number of hydrogen-bond acceptors (Lipinski definition) is 8. The van der Waals surface area contributed by atoms with Crippen LogP contribution in [-0.4, -0.2) is 72.2 Å². The zero-order chi connectivity index (χ0) is 27.3.